The van der Waals surface area contributed by atoms with Crippen molar-refractivity contribution in [3.63, 3.8) is 0 Å². The summed E-state index contributed by atoms with van der Waals surface area (Å²) in [5.74, 6) is 6.32. The summed E-state index contributed by atoms with van der Waals surface area (Å²) in [7, 11) is 0. The van der Waals surface area contributed by atoms with Gasteiger partial charge in [-0.15, -0.1) is 0 Å². The van der Waals surface area contributed by atoms with Crippen molar-refractivity contribution in [3.05, 3.63) is 106 Å². The van der Waals surface area contributed by atoms with Crippen LogP contribution in [0.15, 0.2) is 72.8 Å². The number of aryl methyl sites for hydroxylation is 4. The molecular weight excluding hydrogens is 504 g/mol. The maximum atomic E-state index is 3.16. The molecule has 0 N–H and O–H groups in total. The quantitative estimate of drug-likeness (QED) is 0.127. The third kappa shape index (κ3) is 21.9. The van der Waals surface area contributed by atoms with Crippen molar-refractivity contribution in [3.8, 4) is 11.8 Å². The Hall–Kier alpha value is -2.78. The molecule has 3 aromatic carbocycles. The highest BCUT2D eigenvalue weighted by molar-refractivity contribution is 5.43. The summed E-state index contributed by atoms with van der Waals surface area (Å²) in [6, 6.07) is 25.0. The second kappa shape index (κ2) is 25.9. The summed E-state index contributed by atoms with van der Waals surface area (Å²) in [4.78, 5) is 0. The molecule has 0 unspecified atom stereocenters. The fourth-order valence-electron chi connectivity index (χ4n) is 4.68. The van der Waals surface area contributed by atoms with E-state index in [1.807, 2.05) is 0 Å². The molecule has 0 radical (unpaired) electrons. The van der Waals surface area contributed by atoms with Crippen LogP contribution in [0.1, 0.15) is 150 Å². The van der Waals surface area contributed by atoms with Crippen LogP contribution in [0.5, 0.6) is 0 Å². The standard InChI is InChI=1S/C18H38.C16H14.C8H10/c1-3-5-7-9-11-13-15-17-18-16-14-12-10-8-6-4-2;1-13-3-7-15(8-4-13)11-12-16-9-5-14(2)6-10-16;1-7-3-5-8(2)6-4-7/h3-18H2,1-2H3;3-10H,1-2H3;3-6H,1-2H3. The SMILES string of the molecule is CCCCCCCCCCCCCCCCCC.Cc1ccc(C#Cc2ccc(C)cc2)cc1.Cc1ccc(C)cc1. The second-order valence-electron chi connectivity index (χ2n) is 12.1. The Labute approximate surface area is 261 Å². The van der Waals surface area contributed by atoms with Gasteiger partial charge in [-0.3, -0.25) is 0 Å². The van der Waals surface area contributed by atoms with Gasteiger partial charge >= 0.3 is 0 Å². The monoisotopic (exact) mass is 566 g/mol. The second-order valence-corrected chi connectivity index (χ2v) is 12.1. The van der Waals surface area contributed by atoms with Gasteiger partial charge in [0.15, 0.2) is 0 Å². The van der Waals surface area contributed by atoms with Gasteiger partial charge in [-0.2, -0.15) is 0 Å². The highest BCUT2D eigenvalue weighted by Gasteiger charge is 1.94. The van der Waals surface area contributed by atoms with Crippen LogP contribution < -0.4 is 0 Å². The van der Waals surface area contributed by atoms with Crippen LogP contribution in [0.4, 0.5) is 0 Å². The predicted octanol–water partition coefficient (Wildman–Crippen LogP) is 13.3. The fraction of sp³-hybridized carbons (Fsp3) is 0.524. The van der Waals surface area contributed by atoms with E-state index in [0.29, 0.717) is 0 Å². The van der Waals surface area contributed by atoms with E-state index in [0.717, 1.165) is 11.1 Å². The van der Waals surface area contributed by atoms with Crippen molar-refractivity contribution < 1.29 is 0 Å². The van der Waals surface area contributed by atoms with E-state index in [-0.39, 0.29) is 0 Å². The number of rotatable bonds is 15. The maximum Gasteiger partial charge on any atom is 0.0249 e. The summed E-state index contributed by atoms with van der Waals surface area (Å²) in [6.45, 7) is 12.9. The summed E-state index contributed by atoms with van der Waals surface area (Å²) < 4.78 is 0. The Morgan fingerprint density at radius 3 is 0.714 bits per heavy atom. The molecule has 230 valence electrons. The van der Waals surface area contributed by atoms with E-state index in [2.05, 4.69) is 126 Å². The first-order valence-electron chi connectivity index (χ1n) is 17.1. The minimum atomic E-state index is 1.06. The van der Waals surface area contributed by atoms with Crippen LogP contribution in [0, 0.1) is 39.5 Å². The third-order valence-electron chi connectivity index (χ3n) is 7.63. The van der Waals surface area contributed by atoms with Gasteiger partial charge in [-0.25, -0.2) is 0 Å². The van der Waals surface area contributed by atoms with Gasteiger partial charge in [-0.1, -0.05) is 199 Å². The van der Waals surface area contributed by atoms with Gasteiger partial charge in [-0.05, 0) is 52.0 Å². The van der Waals surface area contributed by atoms with Crippen molar-refractivity contribution in [2.75, 3.05) is 0 Å². The molecule has 0 heterocycles. The van der Waals surface area contributed by atoms with Crippen LogP contribution in [-0.2, 0) is 0 Å². The van der Waals surface area contributed by atoms with Crippen LogP contribution in [0.3, 0.4) is 0 Å². The van der Waals surface area contributed by atoms with Crippen LogP contribution in [-0.4, -0.2) is 0 Å². The first-order chi connectivity index (χ1) is 20.4. The zero-order valence-electron chi connectivity index (χ0n) is 28.2. The van der Waals surface area contributed by atoms with Crippen LogP contribution in [0.2, 0.25) is 0 Å². The predicted molar refractivity (Wildman–Crippen MR) is 189 cm³/mol. The molecule has 0 aliphatic carbocycles. The molecule has 0 nitrogen and oxygen atoms in total. The largest absolute Gasteiger partial charge is 0.0654 e. The summed E-state index contributed by atoms with van der Waals surface area (Å²) in [5, 5.41) is 0. The molecule has 0 bridgehead atoms. The average Bonchev–Trinajstić information content (AvgIpc) is 3.00. The summed E-state index contributed by atoms with van der Waals surface area (Å²) in [6.07, 6.45) is 23.4. The molecule has 0 saturated carbocycles. The Balaban J connectivity index is 0.000000335. The Morgan fingerprint density at radius 2 is 0.500 bits per heavy atom. The van der Waals surface area contributed by atoms with Crippen LogP contribution >= 0.6 is 0 Å². The van der Waals surface area contributed by atoms with E-state index in [4.69, 9.17) is 0 Å². The Kier molecular flexibility index (Phi) is 23.0. The lowest BCUT2D eigenvalue weighted by Gasteiger charge is -2.03. The minimum absolute atomic E-state index is 1.06. The van der Waals surface area contributed by atoms with Crippen molar-refractivity contribution in [1.82, 2.24) is 0 Å². The van der Waals surface area contributed by atoms with Gasteiger partial charge < -0.3 is 0 Å². The smallest absolute Gasteiger partial charge is 0.0249 e. The molecular formula is C42H62. The van der Waals surface area contributed by atoms with Crippen molar-refractivity contribution >= 4 is 0 Å². The van der Waals surface area contributed by atoms with Crippen LogP contribution in [0.25, 0.3) is 0 Å². The number of benzene rings is 3. The maximum absolute atomic E-state index is 3.16. The first kappa shape index (κ1) is 37.2. The molecule has 0 aliphatic heterocycles. The van der Waals surface area contributed by atoms with Gasteiger partial charge in [0.05, 0.1) is 0 Å². The Morgan fingerprint density at radius 1 is 0.310 bits per heavy atom. The number of hydrogen-bond donors (Lipinski definition) is 0. The van der Waals surface area contributed by atoms with E-state index < -0.39 is 0 Å². The molecule has 0 saturated heterocycles. The number of unbranched alkanes of at least 4 members (excludes halogenated alkanes) is 15. The summed E-state index contributed by atoms with van der Waals surface area (Å²) in [5.41, 5.74) is 7.31. The van der Waals surface area contributed by atoms with E-state index in [1.54, 1.807) is 0 Å². The van der Waals surface area contributed by atoms with Crippen molar-refractivity contribution in [2.45, 2.75) is 144 Å². The molecule has 0 heteroatoms. The zero-order valence-corrected chi connectivity index (χ0v) is 28.2. The van der Waals surface area contributed by atoms with Gasteiger partial charge in [0.2, 0.25) is 0 Å². The molecule has 42 heavy (non-hydrogen) atoms. The highest BCUT2D eigenvalue weighted by atomic mass is 14.0. The topological polar surface area (TPSA) is 0 Å². The molecule has 0 amide bonds. The molecule has 0 aliphatic rings. The molecule has 0 atom stereocenters. The lowest BCUT2D eigenvalue weighted by molar-refractivity contribution is 0.531. The van der Waals surface area contributed by atoms with Crippen molar-refractivity contribution in [2.24, 2.45) is 0 Å². The number of hydrogen-bond acceptors (Lipinski definition) is 0. The molecule has 0 fully saturated rings. The highest BCUT2D eigenvalue weighted by Crippen LogP contribution is 2.13. The zero-order chi connectivity index (χ0) is 30.7. The normalized spacial score (nSPS) is 10.0. The first-order valence-corrected chi connectivity index (χ1v) is 17.1. The fourth-order valence-corrected chi connectivity index (χ4v) is 4.68. The van der Waals surface area contributed by atoms with Gasteiger partial charge in [0.1, 0.15) is 0 Å². The molecule has 0 aromatic heterocycles. The molecule has 3 aromatic rings. The molecule has 0 spiro atoms. The molecule has 3 rings (SSSR count). The van der Waals surface area contributed by atoms with Gasteiger partial charge in [0, 0.05) is 11.1 Å². The minimum Gasteiger partial charge on any atom is -0.0654 e. The Bertz CT molecular complexity index is 972. The van der Waals surface area contributed by atoms with Crippen molar-refractivity contribution in [1.29, 1.82) is 0 Å². The van der Waals surface area contributed by atoms with E-state index in [9.17, 15) is 0 Å². The lowest BCUT2D eigenvalue weighted by atomic mass is 10.0. The summed E-state index contributed by atoms with van der Waals surface area (Å²) >= 11 is 0. The third-order valence-corrected chi connectivity index (χ3v) is 7.63. The lowest BCUT2D eigenvalue weighted by Crippen LogP contribution is -1.83. The van der Waals surface area contributed by atoms with Gasteiger partial charge in [0.25, 0.3) is 0 Å². The average molecular weight is 567 g/mol. The van der Waals surface area contributed by atoms with E-state index in [1.165, 1.54) is 125 Å². The van der Waals surface area contributed by atoms with E-state index >= 15 is 0 Å².